The second kappa shape index (κ2) is 8.46. The zero-order valence-electron chi connectivity index (χ0n) is 19.4. The summed E-state index contributed by atoms with van der Waals surface area (Å²) in [6.45, 7) is 10.0. The molecule has 1 saturated heterocycles. The number of aryl methyl sites for hydroxylation is 2. The Labute approximate surface area is 197 Å². The minimum absolute atomic E-state index is 0.0620. The van der Waals surface area contributed by atoms with E-state index < -0.39 is 5.54 Å². The number of nitrogens with one attached hydrogen (secondary N) is 1. The third kappa shape index (κ3) is 4.11. The molecule has 2 aliphatic rings. The summed E-state index contributed by atoms with van der Waals surface area (Å²) in [4.78, 5) is 34.7. The minimum Gasteiger partial charge on any atom is -0.381 e. The Kier molecular flexibility index (Phi) is 5.62. The van der Waals surface area contributed by atoms with Gasteiger partial charge in [-0.1, -0.05) is 6.07 Å². The lowest BCUT2D eigenvalue weighted by Crippen LogP contribution is -2.38. The minimum atomic E-state index is -0.474. The van der Waals surface area contributed by atoms with E-state index in [4.69, 9.17) is 14.7 Å². The molecule has 2 aliphatic heterocycles. The SMILES string of the molecule is Cc1cccc(CN2C(=O)c3nc(-c4nc(NC5CCOCC5)ncc4C)sc3C2(C)C)n1. The molecule has 9 heteroatoms. The molecule has 3 aromatic heterocycles. The van der Waals surface area contributed by atoms with Gasteiger partial charge < -0.3 is 15.0 Å². The number of nitrogens with zero attached hydrogens (tertiary/aromatic N) is 5. The van der Waals surface area contributed by atoms with Gasteiger partial charge in [0.25, 0.3) is 5.91 Å². The van der Waals surface area contributed by atoms with Crippen LogP contribution in [0.5, 0.6) is 0 Å². The van der Waals surface area contributed by atoms with E-state index in [-0.39, 0.29) is 5.91 Å². The van der Waals surface area contributed by atoms with Crippen LogP contribution in [0.3, 0.4) is 0 Å². The van der Waals surface area contributed by atoms with Crippen molar-refractivity contribution in [3.8, 4) is 10.7 Å². The molecule has 0 bridgehead atoms. The van der Waals surface area contributed by atoms with E-state index in [1.165, 1.54) is 0 Å². The first-order chi connectivity index (χ1) is 15.8. The van der Waals surface area contributed by atoms with Gasteiger partial charge in [-0.05, 0) is 58.2 Å². The number of carbonyl (C=O) groups is 1. The van der Waals surface area contributed by atoms with Crippen molar-refractivity contribution in [1.82, 2.24) is 24.8 Å². The van der Waals surface area contributed by atoms with Crippen molar-refractivity contribution in [2.45, 2.75) is 58.7 Å². The van der Waals surface area contributed by atoms with Gasteiger partial charge in [-0.15, -0.1) is 11.3 Å². The van der Waals surface area contributed by atoms with E-state index in [0.717, 1.165) is 58.6 Å². The molecule has 0 unspecified atom stereocenters. The van der Waals surface area contributed by atoms with E-state index in [1.54, 1.807) is 11.3 Å². The lowest BCUT2D eigenvalue weighted by atomic mass is 10.0. The predicted molar refractivity (Wildman–Crippen MR) is 127 cm³/mol. The van der Waals surface area contributed by atoms with Gasteiger partial charge in [-0.2, -0.15) is 0 Å². The van der Waals surface area contributed by atoms with E-state index in [2.05, 4.69) is 29.1 Å². The summed E-state index contributed by atoms with van der Waals surface area (Å²) in [5.41, 5.74) is 3.57. The molecule has 0 aromatic carbocycles. The molecule has 3 aromatic rings. The zero-order chi connectivity index (χ0) is 23.2. The van der Waals surface area contributed by atoms with Crippen LogP contribution in [-0.4, -0.2) is 50.0 Å². The molecular weight excluding hydrogens is 436 g/mol. The first-order valence-corrected chi connectivity index (χ1v) is 12.1. The Bertz CT molecular complexity index is 1200. The number of aromatic nitrogens is 4. The number of anilines is 1. The highest BCUT2D eigenvalue weighted by molar-refractivity contribution is 7.15. The van der Waals surface area contributed by atoms with E-state index >= 15 is 0 Å². The molecule has 5 rings (SSSR count). The van der Waals surface area contributed by atoms with Crippen LogP contribution in [-0.2, 0) is 16.8 Å². The second-order valence-electron chi connectivity index (χ2n) is 9.17. The summed E-state index contributed by atoms with van der Waals surface area (Å²) >= 11 is 1.54. The van der Waals surface area contributed by atoms with Crippen molar-refractivity contribution >= 4 is 23.2 Å². The number of rotatable bonds is 5. The Hall–Kier alpha value is -2.91. The van der Waals surface area contributed by atoms with Gasteiger partial charge >= 0.3 is 0 Å². The van der Waals surface area contributed by atoms with Crippen LogP contribution in [0.25, 0.3) is 10.7 Å². The van der Waals surface area contributed by atoms with Gasteiger partial charge in [0.15, 0.2) is 0 Å². The van der Waals surface area contributed by atoms with Crippen LogP contribution < -0.4 is 5.32 Å². The highest BCUT2D eigenvalue weighted by Crippen LogP contribution is 2.45. The van der Waals surface area contributed by atoms with Crippen molar-refractivity contribution in [3.05, 3.63) is 51.9 Å². The fourth-order valence-corrected chi connectivity index (χ4v) is 5.58. The first-order valence-electron chi connectivity index (χ1n) is 11.3. The second-order valence-corrected chi connectivity index (χ2v) is 10.2. The third-order valence-electron chi connectivity index (χ3n) is 6.30. The van der Waals surface area contributed by atoms with Gasteiger partial charge in [0.05, 0.1) is 22.7 Å². The number of hydrogen-bond donors (Lipinski definition) is 1. The molecule has 1 fully saturated rings. The Morgan fingerprint density at radius 2 is 1.94 bits per heavy atom. The highest BCUT2D eigenvalue weighted by atomic mass is 32.1. The van der Waals surface area contributed by atoms with Gasteiger partial charge in [-0.3, -0.25) is 9.78 Å². The molecule has 0 aliphatic carbocycles. The maximum atomic E-state index is 13.3. The van der Waals surface area contributed by atoms with Gasteiger partial charge in [0, 0.05) is 31.1 Å². The molecule has 172 valence electrons. The number of thiazole rings is 1. The van der Waals surface area contributed by atoms with E-state index in [1.807, 2.05) is 43.1 Å². The fourth-order valence-electron chi connectivity index (χ4n) is 4.36. The van der Waals surface area contributed by atoms with E-state index in [9.17, 15) is 4.79 Å². The summed E-state index contributed by atoms with van der Waals surface area (Å²) in [5, 5.41) is 4.18. The van der Waals surface area contributed by atoms with Gasteiger partial charge in [0.2, 0.25) is 5.95 Å². The van der Waals surface area contributed by atoms with Gasteiger partial charge in [0.1, 0.15) is 16.4 Å². The summed E-state index contributed by atoms with van der Waals surface area (Å²) in [7, 11) is 0. The van der Waals surface area contributed by atoms with Crippen LogP contribution in [0.2, 0.25) is 0 Å². The average Bonchev–Trinajstić information content (AvgIpc) is 3.31. The molecule has 5 heterocycles. The van der Waals surface area contributed by atoms with Crippen LogP contribution in [0, 0.1) is 13.8 Å². The standard InChI is InChI=1S/C24H28N6O2S/c1-14-12-25-23(27-16-8-10-32-11-9-16)29-18(14)21-28-19-20(33-21)24(3,4)30(22(19)31)13-17-7-5-6-15(2)26-17/h5-7,12,16H,8-11,13H2,1-4H3,(H,25,27,29). The average molecular weight is 465 g/mol. The lowest BCUT2D eigenvalue weighted by molar-refractivity contribution is 0.0591. The summed E-state index contributed by atoms with van der Waals surface area (Å²) in [5.74, 6) is 0.531. The maximum Gasteiger partial charge on any atom is 0.274 e. The Morgan fingerprint density at radius 3 is 2.67 bits per heavy atom. The lowest BCUT2D eigenvalue weighted by Gasteiger charge is -2.31. The quantitative estimate of drug-likeness (QED) is 0.608. The molecule has 0 saturated carbocycles. The molecule has 1 amide bonds. The normalized spacial score (nSPS) is 17.9. The molecule has 8 nitrogen and oxygen atoms in total. The van der Waals surface area contributed by atoms with Crippen molar-refractivity contribution < 1.29 is 9.53 Å². The number of ether oxygens (including phenoxy) is 1. The van der Waals surface area contributed by atoms with Crippen molar-refractivity contribution in [2.24, 2.45) is 0 Å². The van der Waals surface area contributed by atoms with Crippen molar-refractivity contribution in [1.29, 1.82) is 0 Å². The molecule has 0 radical (unpaired) electrons. The van der Waals surface area contributed by atoms with Crippen LogP contribution in [0.15, 0.2) is 24.4 Å². The number of hydrogen-bond acceptors (Lipinski definition) is 8. The number of amides is 1. The molecule has 33 heavy (non-hydrogen) atoms. The number of pyridine rings is 1. The molecule has 0 spiro atoms. The van der Waals surface area contributed by atoms with E-state index in [0.29, 0.717) is 24.2 Å². The topological polar surface area (TPSA) is 93.1 Å². The fraction of sp³-hybridized carbons (Fsp3) is 0.458. The monoisotopic (exact) mass is 464 g/mol. The predicted octanol–water partition coefficient (Wildman–Crippen LogP) is 4.09. The van der Waals surface area contributed by atoms with Crippen LogP contribution >= 0.6 is 11.3 Å². The van der Waals surface area contributed by atoms with Crippen molar-refractivity contribution in [2.75, 3.05) is 18.5 Å². The molecule has 1 N–H and O–H groups in total. The van der Waals surface area contributed by atoms with Gasteiger partial charge in [-0.25, -0.2) is 15.0 Å². The largest absolute Gasteiger partial charge is 0.381 e. The van der Waals surface area contributed by atoms with Crippen LogP contribution in [0.1, 0.15) is 59.0 Å². The smallest absolute Gasteiger partial charge is 0.274 e. The summed E-state index contributed by atoms with van der Waals surface area (Å²) in [6, 6.07) is 6.19. The van der Waals surface area contributed by atoms with Crippen LogP contribution in [0.4, 0.5) is 5.95 Å². The Morgan fingerprint density at radius 1 is 1.15 bits per heavy atom. The number of fused-ring (bicyclic) bond motifs is 1. The first kappa shape index (κ1) is 21.9. The Balaban J connectivity index is 1.42. The molecule has 0 atom stereocenters. The summed E-state index contributed by atoms with van der Waals surface area (Å²) < 4.78 is 5.44. The number of carbonyl (C=O) groups excluding carboxylic acids is 1. The third-order valence-corrected chi connectivity index (χ3v) is 7.68. The highest BCUT2D eigenvalue weighted by Gasteiger charge is 2.46. The zero-order valence-corrected chi connectivity index (χ0v) is 20.2. The summed E-state index contributed by atoms with van der Waals surface area (Å²) in [6.07, 6.45) is 3.69. The molecular formula is C24H28N6O2S. The maximum absolute atomic E-state index is 13.3. The van der Waals surface area contributed by atoms with Crippen molar-refractivity contribution in [3.63, 3.8) is 0 Å².